The highest BCUT2D eigenvalue weighted by Gasteiger charge is 2.49. The Kier molecular flexibility index (Phi) is 6.60. The summed E-state index contributed by atoms with van der Waals surface area (Å²) in [6.45, 7) is 1.37. The van der Waals surface area contributed by atoms with Crippen molar-refractivity contribution < 1.29 is 45.4 Å². The van der Waals surface area contributed by atoms with Crippen LogP contribution in [0, 0.1) is 5.82 Å². The summed E-state index contributed by atoms with van der Waals surface area (Å²) in [6, 6.07) is 6.16. The van der Waals surface area contributed by atoms with E-state index in [1.807, 2.05) is 0 Å². The molecule has 3 unspecified atom stereocenters. The Morgan fingerprint density at radius 1 is 1.00 bits per heavy atom. The number of carbonyl (C=O) groups is 1. The minimum absolute atomic E-state index is 0.0354. The summed E-state index contributed by atoms with van der Waals surface area (Å²) < 4.78 is 99.3. The van der Waals surface area contributed by atoms with Gasteiger partial charge in [0.1, 0.15) is 5.82 Å². The fourth-order valence-corrected chi connectivity index (χ4v) is 4.93. The van der Waals surface area contributed by atoms with E-state index in [0.717, 1.165) is 0 Å². The maximum Gasteiger partial charge on any atom is 0.416 e. The lowest BCUT2D eigenvalue weighted by Crippen LogP contribution is -2.45. The van der Waals surface area contributed by atoms with E-state index in [1.165, 1.54) is 36.1 Å². The summed E-state index contributed by atoms with van der Waals surface area (Å²) >= 11 is 0. The molecule has 2 aliphatic heterocycles. The lowest BCUT2D eigenvalue weighted by Gasteiger charge is -2.35. The van der Waals surface area contributed by atoms with Crippen molar-refractivity contribution in [1.82, 2.24) is 4.90 Å². The number of fused-ring (bicyclic) bond motifs is 1. The molecule has 1 N–H and O–H groups in total. The number of alkyl halides is 6. The zero-order valence-corrected chi connectivity index (χ0v) is 18.4. The van der Waals surface area contributed by atoms with Crippen LogP contribution in [-0.4, -0.2) is 40.7 Å². The van der Waals surface area contributed by atoms with Gasteiger partial charge in [0.15, 0.2) is 0 Å². The van der Waals surface area contributed by atoms with Crippen molar-refractivity contribution in [1.29, 1.82) is 0 Å². The number of hydrogen-bond donors (Lipinski definition) is 1. The Balaban J connectivity index is 1.68. The molecule has 0 aromatic heterocycles. The van der Waals surface area contributed by atoms with Gasteiger partial charge in [-0.25, -0.2) is 4.39 Å². The number of benzene rings is 2. The number of ether oxygens (including phenoxy) is 1. The number of halogens is 7. The van der Waals surface area contributed by atoms with Crippen LogP contribution in [0.25, 0.3) is 0 Å². The fourth-order valence-electron chi connectivity index (χ4n) is 4.93. The third-order valence-corrected chi connectivity index (χ3v) is 6.55. The van der Waals surface area contributed by atoms with Gasteiger partial charge in [0.2, 0.25) is 5.91 Å². The zero-order valence-electron chi connectivity index (χ0n) is 18.4. The average molecular weight is 505 g/mol. The molecule has 2 aromatic rings. The number of aliphatic hydroxyl groups excluding tert-OH is 1. The van der Waals surface area contributed by atoms with E-state index in [4.69, 9.17) is 4.74 Å². The van der Waals surface area contributed by atoms with Gasteiger partial charge in [-0.05, 0) is 54.8 Å². The van der Waals surface area contributed by atoms with E-state index in [0.29, 0.717) is 17.7 Å². The maximum atomic E-state index is 13.5. The summed E-state index contributed by atoms with van der Waals surface area (Å²) in [7, 11) is 0. The van der Waals surface area contributed by atoms with Gasteiger partial charge in [0, 0.05) is 18.5 Å². The van der Waals surface area contributed by atoms with E-state index in [-0.39, 0.29) is 36.9 Å². The molecule has 4 nitrogen and oxygen atoms in total. The Bertz CT molecular complexity index is 1050. The Morgan fingerprint density at radius 2 is 1.57 bits per heavy atom. The first-order chi connectivity index (χ1) is 16.2. The molecule has 0 spiro atoms. The molecule has 0 radical (unpaired) electrons. The van der Waals surface area contributed by atoms with Gasteiger partial charge in [-0.1, -0.05) is 12.1 Å². The molecule has 2 fully saturated rings. The van der Waals surface area contributed by atoms with Crippen LogP contribution in [0.3, 0.4) is 0 Å². The second-order valence-electron chi connectivity index (χ2n) is 8.94. The highest BCUT2D eigenvalue weighted by Crippen LogP contribution is 2.43. The largest absolute Gasteiger partial charge is 0.416 e. The molecule has 5 atom stereocenters. The van der Waals surface area contributed by atoms with Gasteiger partial charge < -0.3 is 14.7 Å². The van der Waals surface area contributed by atoms with Crippen molar-refractivity contribution in [2.24, 2.45) is 0 Å². The predicted octanol–water partition coefficient (Wildman–Crippen LogP) is 5.46. The standard InChI is InChI=1S/C24H22F7NO3/c1-12(14-6-15(23(26,27)28)8-16(7-14)24(29,30)31)35-20-11-32-19(9-18(33)10-21(32)34)22(20)13-2-4-17(25)5-3-13/h2-8,12,18-20,22,33H,9-11H2,1H3/t12-,18?,19?,20?,22+/m1/s1. The first kappa shape index (κ1) is 25.4. The predicted molar refractivity (Wildman–Crippen MR) is 110 cm³/mol. The minimum Gasteiger partial charge on any atom is -0.393 e. The molecule has 0 saturated carbocycles. The smallest absolute Gasteiger partial charge is 0.393 e. The van der Waals surface area contributed by atoms with Crippen LogP contribution in [0.2, 0.25) is 0 Å². The Hall–Kier alpha value is -2.66. The Labute approximate surface area is 196 Å². The van der Waals surface area contributed by atoms with E-state index < -0.39 is 59.6 Å². The van der Waals surface area contributed by atoms with Crippen molar-refractivity contribution in [2.75, 3.05) is 6.54 Å². The number of nitrogens with zero attached hydrogens (tertiary/aromatic N) is 1. The van der Waals surface area contributed by atoms with Crippen LogP contribution in [0.5, 0.6) is 0 Å². The summed E-state index contributed by atoms with van der Waals surface area (Å²) in [5.41, 5.74) is -2.63. The molecule has 0 aliphatic carbocycles. The van der Waals surface area contributed by atoms with Crippen LogP contribution < -0.4 is 0 Å². The molecular weight excluding hydrogens is 483 g/mol. The quantitative estimate of drug-likeness (QED) is 0.562. The molecule has 11 heteroatoms. The number of hydrogen-bond acceptors (Lipinski definition) is 3. The van der Waals surface area contributed by atoms with Crippen molar-refractivity contribution in [3.8, 4) is 0 Å². The summed E-state index contributed by atoms with van der Waals surface area (Å²) in [4.78, 5) is 14.0. The molecule has 4 rings (SSSR count). The Morgan fingerprint density at radius 3 is 2.11 bits per heavy atom. The van der Waals surface area contributed by atoms with Gasteiger partial charge in [0.25, 0.3) is 0 Å². The first-order valence-corrected chi connectivity index (χ1v) is 10.9. The van der Waals surface area contributed by atoms with Crippen LogP contribution in [-0.2, 0) is 21.9 Å². The number of amides is 1. The van der Waals surface area contributed by atoms with Crippen molar-refractivity contribution >= 4 is 5.91 Å². The molecule has 2 heterocycles. The third-order valence-electron chi connectivity index (χ3n) is 6.55. The average Bonchev–Trinajstić information content (AvgIpc) is 3.11. The lowest BCUT2D eigenvalue weighted by atomic mass is 9.85. The van der Waals surface area contributed by atoms with Gasteiger partial charge in [-0.15, -0.1) is 0 Å². The summed E-state index contributed by atoms with van der Waals surface area (Å²) in [6.07, 6.45) is -12.8. The van der Waals surface area contributed by atoms with Crippen LogP contribution >= 0.6 is 0 Å². The third kappa shape index (κ3) is 5.30. The molecular formula is C24H22F7NO3. The van der Waals surface area contributed by atoms with Crippen LogP contribution in [0.15, 0.2) is 42.5 Å². The van der Waals surface area contributed by atoms with Gasteiger partial charge in [-0.2, -0.15) is 26.3 Å². The number of aliphatic hydroxyl groups is 1. The zero-order chi connectivity index (χ0) is 25.7. The summed E-state index contributed by atoms with van der Waals surface area (Å²) in [5.74, 6) is -1.40. The second-order valence-corrected chi connectivity index (χ2v) is 8.94. The SMILES string of the molecule is C[C@@H](OC1CN2C(=O)CC(O)CC2[C@@H]1c1ccc(F)cc1)c1cc(C(F)(F)F)cc(C(F)(F)F)c1. The number of carbonyl (C=O) groups excluding carboxylic acids is 1. The van der Waals surface area contributed by atoms with Gasteiger partial charge in [0.05, 0.1) is 35.9 Å². The lowest BCUT2D eigenvalue weighted by molar-refractivity contribution is -0.143. The van der Waals surface area contributed by atoms with Crippen LogP contribution in [0.1, 0.15) is 54.0 Å². The van der Waals surface area contributed by atoms with Crippen molar-refractivity contribution in [3.63, 3.8) is 0 Å². The number of piperidine rings is 1. The first-order valence-electron chi connectivity index (χ1n) is 10.9. The molecule has 1 amide bonds. The summed E-state index contributed by atoms with van der Waals surface area (Å²) in [5, 5.41) is 10.1. The monoisotopic (exact) mass is 505 g/mol. The van der Waals surface area contributed by atoms with E-state index in [1.54, 1.807) is 0 Å². The molecule has 2 aliphatic rings. The highest BCUT2D eigenvalue weighted by atomic mass is 19.4. The molecule has 2 saturated heterocycles. The minimum atomic E-state index is -5.00. The van der Waals surface area contributed by atoms with E-state index in [9.17, 15) is 40.6 Å². The second kappa shape index (κ2) is 9.09. The van der Waals surface area contributed by atoms with Gasteiger partial charge >= 0.3 is 12.4 Å². The van der Waals surface area contributed by atoms with Gasteiger partial charge in [-0.3, -0.25) is 4.79 Å². The van der Waals surface area contributed by atoms with Crippen LogP contribution in [0.4, 0.5) is 30.7 Å². The topological polar surface area (TPSA) is 49.8 Å². The fraction of sp³-hybridized carbons (Fsp3) is 0.458. The van der Waals surface area contributed by atoms with Crippen molar-refractivity contribution in [2.45, 2.75) is 62.4 Å². The number of rotatable bonds is 4. The van der Waals surface area contributed by atoms with Crippen molar-refractivity contribution in [3.05, 3.63) is 70.5 Å². The van der Waals surface area contributed by atoms with E-state index in [2.05, 4.69) is 0 Å². The maximum absolute atomic E-state index is 13.5. The molecule has 0 bridgehead atoms. The highest BCUT2D eigenvalue weighted by molar-refractivity contribution is 5.78. The molecule has 2 aromatic carbocycles. The normalized spacial score (nSPS) is 26.1. The molecule has 35 heavy (non-hydrogen) atoms. The molecule has 190 valence electrons. The van der Waals surface area contributed by atoms with E-state index >= 15 is 0 Å².